The number of halogens is 2. The van der Waals surface area contributed by atoms with Crippen molar-refractivity contribution in [1.82, 2.24) is 9.88 Å². The van der Waals surface area contributed by atoms with Crippen LogP contribution in [0.15, 0.2) is 102 Å². The molecule has 13 heteroatoms. The number of carboxylic acids is 1. The molecule has 3 atom stereocenters. The van der Waals surface area contributed by atoms with Crippen molar-refractivity contribution in [2.75, 3.05) is 6.61 Å². The van der Waals surface area contributed by atoms with Gasteiger partial charge in [0.05, 0.1) is 15.7 Å². The molecule has 0 unspecified atom stereocenters. The summed E-state index contributed by atoms with van der Waals surface area (Å²) >= 11 is 12.5. The number of cyclic esters (lactones) is 1. The molecule has 3 amide bonds. The minimum absolute atomic E-state index is 0. The summed E-state index contributed by atoms with van der Waals surface area (Å²) in [5.41, 5.74) is 2.13. The maximum atomic E-state index is 13.8. The number of pyridine rings is 1. The van der Waals surface area contributed by atoms with E-state index in [2.05, 4.69) is 15.3 Å². The molecule has 0 saturated carbocycles. The number of para-hydroxylation sites is 1. The number of imide groups is 1. The second-order valence-electron chi connectivity index (χ2n) is 10.4. The Morgan fingerprint density at radius 2 is 1.70 bits per heavy atom. The molecule has 3 aromatic carbocycles. The van der Waals surface area contributed by atoms with Gasteiger partial charge in [-0.25, -0.2) is 14.5 Å². The van der Waals surface area contributed by atoms with E-state index in [1.807, 2.05) is 6.07 Å². The minimum atomic E-state index is -1.52. The topological polar surface area (TPSA) is 140 Å². The molecule has 0 aliphatic carbocycles. The molecule has 0 bridgehead atoms. The average Bonchev–Trinajstić information content (AvgIpc) is 3.46. The maximum Gasteiger partial charge on any atom is 0.417 e. The summed E-state index contributed by atoms with van der Waals surface area (Å²) < 4.78 is 5.22. The SMILES string of the molecule is CC(=N[C@H](C(=O)O)[C@H](CC(=O)N1C(=O)OC[C@@H]1c1ccccc1)c1ccc(Cl)c(Cl)c1)c1ccccc1[N-]C(=O)c1ccccn1.[Ni]. The van der Waals surface area contributed by atoms with E-state index < -0.39 is 48.3 Å². The molecule has 1 fully saturated rings. The van der Waals surface area contributed by atoms with Gasteiger partial charge in [-0.15, -0.1) is 5.69 Å². The van der Waals surface area contributed by atoms with E-state index in [0.717, 1.165) is 4.90 Å². The number of hydrogen-bond donors (Lipinski definition) is 1. The van der Waals surface area contributed by atoms with Gasteiger partial charge in [-0.05, 0) is 47.9 Å². The molecule has 47 heavy (non-hydrogen) atoms. The summed E-state index contributed by atoms with van der Waals surface area (Å²) in [6.45, 7) is 1.55. The van der Waals surface area contributed by atoms with Crippen LogP contribution in [0.2, 0.25) is 10.0 Å². The standard InChI is InChI=1S/C34H28Cl2N4O6.Ni/c1-20(23-11-5-6-12-27(23)39-32(42)28-13-7-8-16-37-28)38-31(33(43)44)24(22-14-15-25(35)26(36)17-22)18-30(41)40-29(19-46-34(40)45)21-9-3-2-4-10-21;/h2-17,24,29,31H,18-19H2,1H3,(H2,38,39,42,43,44);/p-1/t24-,29-,31+;/m1./s1. The third-order valence-corrected chi connectivity index (χ3v) is 8.20. The van der Waals surface area contributed by atoms with Crippen molar-refractivity contribution in [3.63, 3.8) is 0 Å². The molecule has 10 nitrogen and oxygen atoms in total. The normalized spacial score (nSPS) is 15.6. The number of rotatable bonds is 10. The van der Waals surface area contributed by atoms with Gasteiger partial charge in [0.25, 0.3) is 0 Å². The average molecular weight is 717 g/mol. The third kappa shape index (κ3) is 8.24. The zero-order valence-electron chi connectivity index (χ0n) is 24.7. The van der Waals surface area contributed by atoms with Crippen LogP contribution in [0.5, 0.6) is 0 Å². The number of carboxylic acid groups (broad SMARTS) is 1. The summed E-state index contributed by atoms with van der Waals surface area (Å²) in [7, 11) is 0. The van der Waals surface area contributed by atoms with E-state index in [4.69, 9.17) is 27.9 Å². The number of nitrogens with zero attached hydrogens (tertiary/aromatic N) is 4. The van der Waals surface area contributed by atoms with Crippen molar-refractivity contribution in [1.29, 1.82) is 0 Å². The van der Waals surface area contributed by atoms with Gasteiger partial charge in [-0.3, -0.25) is 14.8 Å². The molecule has 1 aliphatic heterocycles. The van der Waals surface area contributed by atoms with Gasteiger partial charge in [0, 0.05) is 40.7 Å². The van der Waals surface area contributed by atoms with Crippen LogP contribution < -0.4 is 0 Å². The Bertz CT molecular complexity index is 1810. The number of ether oxygens (including phenoxy) is 1. The van der Waals surface area contributed by atoms with Crippen LogP contribution in [0.4, 0.5) is 10.5 Å². The summed E-state index contributed by atoms with van der Waals surface area (Å²) in [4.78, 5) is 61.9. The first-order valence-electron chi connectivity index (χ1n) is 14.2. The van der Waals surface area contributed by atoms with E-state index in [0.29, 0.717) is 16.7 Å². The number of aliphatic carboxylic acids is 1. The molecule has 4 aromatic rings. The van der Waals surface area contributed by atoms with Crippen molar-refractivity contribution in [3.8, 4) is 0 Å². The number of carbonyl (C=O) groups excluding carboxylic acids is 3. The molecular formula is C34H27Cl2N4NiO6-. The number of aromatic nitrogens is 1. The van der Waals surface area contributed by atoms with E-state index in [1.54, 1.807) is 73.7 Å². The number of aliphatic imine (C=N–C) groups is 1. The summed E-state index contributed by atoms with van der Waals surface area (Å²) in [6.07, 6.45) is 0.230. The van der Waals surface area contributed by atoms with Gasteiger partial charge in [-0.1, -0.05) is 89.9 Å². The molecular weight excluding hydrogens is 690 g/mol. The molecule has 1 aliphatic rings. The van der Waals surface area contributed by atoms with Gasteiger partial charge in [-0.2, -0.15) is 0 Å². The van der Waals surface area contributed by atoms with E-state index >= 15 is 0 Å². The Balaban J connectivity index is 0.00000500. The summed E-state index contributed by atoms with van der Waals surface area (Å²) in [5.74, 6) is -3.65. The maximum absolute atomic E-state index is 13.8. The summed E-state index contributed by atoms with van der Waals surface area (Å²) in [5, 5.41) is 15.1. The quantitative estimate of drug-likeness (QED) is 0.133. The fourth-order valence-corrected chi connectivity index (χ4v) is 5.49. The van der Waals surface area contributed by atoms with Crippen LogP contribution in [0.3, 0.4) is 0 Å². The predicted molar refractivity (Wildman–Crippen MR) is 173 cm³/mol. The molecule has 1 aromatic heterocycles. The third-order valence-electron chi connectivity index (χ3n) is 7.46. The van der Waals surface area contributed by atoms with E-state index in [1.165, 1.54) is 24.4 Å². The number of benzene rings is 3. The fourth-order valence-electron chi connectivity index (χ4n) is 5.19. The first-order chi connectivity index (χ1) is 22.1. The van der Waals surface area contributed by atoms with Crippen LogP contribution in [0.25, 0.3) is 5.32 Å². The Morgan fingerprint density at radius 3 is 2.38 bits per heavy atom. The largest absolute Gasteiger partial charge is 0.621 e. The van der Waals surface area contributed by atoms with Crippen LogP contribution in [0, 0.1) is 0 Å². The van der Waals surface area contributed by atoms with Crippen molar-refractivity contribution >= 4 is 58.5 Å². The van der Waals surface area contributed by atoms with Crippen molar-refractivity contribution < 1.29 is 45.5 Å². The Hall–Kier alpha value is -4.57. The van der Waals surface area contributed by atoms with Gasteiger partial charge in [0.1, 0.15) is 18.6 Å². The van der Waals surface area contributed by atoms with E-state index in [-0.39, 0.29) is 50.2 Å². The molecule has 1 saturated heterocycles. The number of amides is 3. The molecule has 2 heterocycles. The smallest absolute Gasteiger partial charge is 0.417 e. The van der Waals surface area contributed by atoms with E-state index in [9.17, 15) is 24.3 Å². The first-order valence-corrected chi connectivity index (χ1v) is 14.9. The van der Waals surface area contributed by atoms with Crippen molar-refractivity contribution in [3.05, 3.63) is 135 Å². The van der Waals surface area contributed by atoms with Gasteiger partial charge in [0.15, 0.2) is 6.04 Å². The van der Waals surface area contributed by atoms with Crippen LogP contribution in [-0.4, -0.2) is 57.2 Å². The zero-order valence-corrected chi connectivity index (χ0v) is 27.2. The fraction of sp³-hybridized carbons (Fsp3) is 0.176. The monoisotopic (exact) mass is 715 g/mol. The van der Waals surface area contributed by atoms with Crippen molar-refractivity contribution in [2.24, 2.45) is 4.99 Å². The second kappa shape index (κ2) is 15.8. The van der Waals surface area contributed by atoms with Crippen molar-refractivity contribution in [2.45, 2.75) is 31.3 Å². The van der Waals surface area contributed by atoms with Crippen LogP contribution in [-0.2, 0) is 30.8 Å². The molecule has 244 valence electrons. The molecule has 0 spiro atoms. The van der Waals surface area contributed by atoms with Gasteiger partial charge >= 0.3 is 12.1 Å². The molecule has 5 rings (SSSR count). The first kappa shape index (κ1) is 35.3. The molecule has 1 N–H and O–H groups in total. The predicted octanol–water partition coefficient (Wildman–Crippen LogP) is 7.39. The Kier molecular flexibility index (Phi) is 11.9. The Labute approximate surface area is 290 Å². The minimum Gasteiger partial charge on any atom is -0.621 e. The van der Waals surface area contributed by atoms with Gasteiger partial charge in [0.2, 0.25) is 5.91 Å². The summed E-state index contributed by atoms with van der Waals surface area (Å²) in [6, 6.07) is 22.8. The number of carbonyl (C=O) groups is 4. The number of hydrogen-bond acceptors (Lipinski definition) is 7. The Morgan fingerprint density at radius 1 is 1.00 bits per heavy atom. The van der Waals surface area contributed by atoms with Gasteiger partial charge < -0.3 is 20.0 Å². The van der Waals surface area contributed by atoms with Crippen LogP contribution >= 0.6 is 23.2 Å². The molecule has 0 radical (unpaired) electrons. The van der Waals surface area contributed by atoms with Crippen LogP contribution in [0.1, 0.15) is 52.5 Å². The zero-order chi connectivity index (χ0) is 32.8. The second-order valence-corrected chi connectivity index (χ2v) is 11.2.